The van der Waals surface area contributed by atoms with Gasteiger partial charge in [-0.15, -0.1) is 0 Å². The molecule has 1 N–H and O–H groups in total. The summed E-state index contributed by atoms with van der Waals surface area (Å²) in [7, 11) is 1.86. The number of rotatable bonds is 6. The van der Waals surface area contributed by atoms with E-state index in [1.54, 1.807) is 23.3 Å². The summed E-state index contributed by atoms with van der Waals surface area (Å²) in [5.41, 5.74) is 2.57. The Morgan fingerprint density at radius 3 is 2.60 bits per heavy atom. The number of nitrogens with one attached hydrogen (secondary N) is 1. The second kappa shape index (κ2) is 7.67. The van der Waals surface area contributed by atoms with Crippen LogP contribution in [-0.4, -0.2) is 29.5 Å². The molecule has 0 amide bonds. The molecule has 30 heavy (non-hydrogen) atoms. The number of fused-ring (bicyclic) bond motifs is 1. The van der Waals surface area contributed by atoms with Crippen LogP contribution in [0.2, 0.25) is 0 Å². The zero-order valence-corrected chi connectivity index (χ0v) is 16.3. The number of ether oxygens (including phenoxy) is 1. The SMILES string of the molecule is Cn1cc(Nc2ncc3cnn(Cc4ccccc4Oc4ccccc4)c3n2)cn1. The van der Waals surface area contributed by atoms with Crippen molar-refractivity contribution in [3.63, 3.8) is 0 Å². The van der Waals surface area contributed by atoms with Crippen LogP contribution in [0.5, 0.6) is 11.5 Å². The van der Waals surface area contributed by atoms with Crippen molar-refractivity contribution >= 4 is 22.7 Å². The first-order valence-corrected chi connectivity index (χ1v) is 9.50. The van der Waals surface area contributed by atoms with Gasteiger partial charge in [0.05, 0.1) is 30.0 Å². The first-order chi connectivity index (χ1) is 14.7. The highest BCUT2D eigenvalue weighted by molar-refractivity contribution is 5.75. The topological polar surface area (TPSA) is 82.7 Å². The van der Waals surface area contributed by atoms with Gasteiger partial charge in [0.1, 0.15) is 11.5 Å². The van der Waals surface area contributed by atoms with Crippen LogP contribution in [0.25, 0.3) is 11.0 Å². The molecule has 0 aliphatic carbocycles. The van der Waals surface area contributed by atoms with Crippen molar-refractivity contribution in [3.05, 3.63) is 84.9 Å². The molecule has 148 valence electrons. The third-order valence-electron chi connectivity index (χ3n) is 4.60. The van der Waals surface area contributed by atoms with Crippen LogP contribution in [0.3, 0.4) is 0 Å². The smallest absolute Gasteiger partial charge is 0.229 e. The van der Waals surface area contributed by atoms with Crippen molar-refractivity contribution < 1.29 is 4.74 Å². The molecule has 3 aromatic heterocycles. The Labute approximate surface area is 172 Å². The van der Waals surface area contributed by atoms with E-state index in [-0.39, 0.29) is 0 Å². The number of benzene rings is 2. The van der Waals surface area contributed by atoms with Gasteiger partial charge in [0.15, 0.2) is 5.65 Å². The molecule has 2 aromatic carbocycles. The summed E-state index contributed by atoms with van der Waals surface area (Å²) in [6.07, 6.45) is 7.12. The van der Waals surface area contributed by atoms with Crippen LogP contribution in [-0.2, 0) is 13.6 Å². The second-order valence-corrected chi connectivity index (χ2v) is 6.83. The monoisotopic (exact) mass is 397 g/mol. The quantitative estimate of drug-likeness (QED) is 0.464. The van der Waals surface area contributed by atoms with E-state index < -0.39 is 0 Å². The van der Waals surface area contributed by atoms with Crippen LogP contribution in [0.15, 0.2) is 79.4 Å². The predicted molar refractivity (Wildman–Crippen MR) is 114 cm³/mol. The van der Waals surface area contributed by atoms with Crippen molar-refractivity contribution in [1.29, 1.82) is 0 Å². The third-order valence-corrected chi connectivity index (χ3v) is 4.60. The number of hydrogen-bond donors (Lipinski definition) is 1. The molecular weight excluding hydrogens is 378 g/mol. The second-order valence-electron chi connectivity index (χ2n) is 6.83. The van der Waals surface area contributed by atoms with E-state index in [2.05, 4.69) is 25.5 Å². The molecule has 0 radical (unpaired) electrons. The Balaban J connectivity index is 1.44. The van der Waals surface area contributed by atoms with Gasteiger partial charge in [-0.2, -0.15) is 15.2 Å². The van der Waals surface area contributed by atoms with Gasteiger partial charge in [0.2, 0.25) is 5.95 Å². The molecule has 0 aliphatic rings. The van der Waals surface area contributed by atoms with E-state index in [1.165, 1.54) is 0 Å². The zero-order valence-electron chi connectivity index (χ0n) is 16.3. The third kappa shape index (κ3) is 3.70. The van der Waals surface area contributed by atoms with Gasteiger partial charge >= 0.3 is 0 Å². The fourth-order valence-corrected chi connectivity index (χ4v) is 3.17. The van der Waals surface area contributed by atoms with E-state index in [4.69, 9.17) is 4.74 Å². The van der Waals surface area contributed by atoms with Crippen LogP contribution in [0.4, 0.5) is 11.6 Å². The molecule has 0 fully saturated rings. The maximum absolute atomic E-state index is 6.08. The number of para-hydroxylation sites is 2. The van der Waals surface area contributed by atoms with Crippen LogP contribution >= 0.6 is 0 Å². The summed E-state index contributed by atoms with van der Waals surface area (Å²) in [6.45, 7) is 0.524. The number of nitrogens with zero attached hydrogens (tertiary/aromatic N) is 6. The molecular formula is C22H19N7O. The Hall–Kier alpha value is -4.20. The summed E-state index contributed by atoms with van der Waals surface area (Å²) in [5, 5.41) is 12.7. The van der Waals surface area contributed by atoms with Crippen molar-refractivity contribution in [2.45, 2.75) is 6.54 Å². The van der Waals surface area contributed by atoms with Crippen molar-refractivity contribution in [3.8, 4) is 11.5 Å². The fourth-order valence-electron chi connectivity index (χ4n) is 3.17. The van der Waals surface area contributed by atoms with E-state index in [0.29, 0.717) is 12.5 Å². The van der Waals surface area contributed by atoms with Gasteiger partial charge in [-0.1, -0.05) is 36.4 Å². The van der Waals surface area contributed by atoms with Crippen molar-refractivity contribution in [1.82, 2.24) is 29.5 Å². The van der Waals surface area contributed by atoms with E-state index >= 15 is 0 Å². The van der Waals surface area contributed by atoms with Crippen molar-refractivity contribution in [2.24, 2.45) is 7.05 Å². The molecule has 8 nitrogen and oxygen atoms in total. The average molecular weight is 397 g/mol. The highest BCUT2D eigenvalue weighted by Crippen LogP contribution is 2.26. The van der Waals surface area contributed by atoms with Crippen LogP contribution in [0, 0.1) is 0 Å². The van der Waals surface area contributed by atoms with E-state index in [9.17, 15) is 0 Å². The van der Waals surface area contributed by atoms with Crippen molar-refractivity contribution in [2.75, 3.05) is 5.32 Å². The highest BCUT2D eigenvalue weighted by atomic mass is 16.5. The van der Waals surface area contributed by atoms with Gasteiger partial charge < -0.3 is 10.1 Å². The normalized spacial score (nSPS) is 11.0. The Morgan fingerprint density at radius 2 is 1.77 bits per heavy atom. The van der Waals surface area contributed by atoms with E-state index in [1.807, 2.05) is 72.5 Å². The first kappa shape index (κ1) is 17.9. The zero-order chi connectivity index (χ0) is 20.3. The summed E-state index contributed by atoms with van der Waals surface area (Å²) in [5.74, 6) is 2.07. The minimum atomic E-state index is 0.492. The molecule has 3 heterocycles. The Bertz CT molecular complexity index is 1290. The Kier molecular flexibility index (Phi) is 4.57. The van der Waals surface area contributed by atoms with Gasteiger partial charge in [-0.3, -0.25) is 4.68 Å². The van der Waals surface area contributed by atoms with Crippen LogP contribution in [0.1, 0.15) is 5.56 Å². The van der Waals surface area contributed by atoms with Gasteiger partial charge in [0, 0.05) is 25.0 Å². The lowest BCUT2D eigenvalue weighted by Gasteiger charge is -2.11. The summed E-state index contributed by atoms with van der Waals surface area (Å²) >= 11 is 0. The highest BCUT2D eigenvalue weighted by Gasteiger charge is 2.11. The van der Waals surface area contributed by atoms with Gasteiger partial charge in [-0.05, 0) is 18.2 Å². The molecule has 0 aliphatic heterocycles. The minimum Gasteiger partial charge on any atom is -0.457 e. The molecule has 5 rings (SSSR count). The molecule has 0 unspecified atom stereocenters. The molecule has 5 aromatic rings. The molecule has 0 saturated carbocycles. The van der Waals surface area contributed by atoms with Gasteiger partial charge in [-0.25, -0.2) is 9.67 Å². The predicted octanol–water partition coefficient (Wildman–Crippen LogP) is 4.14. The Morgan fingerprint density at radius 1 is 0.933 bits per heavy atom. The lowest BCUT2D eigenvalue weighted by Crippen LogP contribution is -2.05. The van der Waals surface area contributed by atoms with E-state index in [0.717, 1.165) is 33.8 Å². The maximum Gasteiger partial charge on any atom is 0.229 e. The lowest BCUT2D eigenvalue weighted by atomic mass is 10.2. The molecule has 8 heteroatoms. The number of aryl methyl sites for hydroxylation is 1. The summed E-state index contributed by atoms with van der Waals surface area (Å²) < 4.78 is 9.64. The largest absolute Gasteiger partial charge is 0.457 e. The molecule has 0 saturated heterocycles. The lowest BCUT2D eigenvalue weighted by molar-refractivity contribution is 0.472. The fraction of sp³-hybridized carbons (Fsp3) is 0.0909. The maximum atomic E-state index is 6.08. The number of hydrogen-bond acceptors (Lipinski definition) is 6. The number of anilines is 2. The first-order valence-electron chi connectivity index (χ1n) is 9.50. The van der Waals surface area contributed by atoms with Gasteiger partial charge in [0.25, 0.3) is 0 Å². The molecule has 0 atom stereocenters. The average Bonchev–Trinajstić information content (AvgIpc) is 3.36. The minimum absolute atomic E-state index is 0.492. The molecule has 0 spiro atoms. The standard InChI is InChI=1S/C22H19N7O/c1-28-15-18(13-24-28)26-22-23-11-17-12-25-29(21(17)27-22)14-16-7-5-6-10-20(16)30-19-8-3-2-4-9-19/h2-13,15H,14H2,1H3,(H,23,26,27). The summed E-state index contributed by atoms with van der Waals surface area (Å²) in [4.78, 5) is 9.02. The molecule has 0 bridgehead atoms. The number of aromatic nitrogens is 6. The van der Waals surface area contributed by atoms with Crippen LogP contribution < -0.4 is 10.1 Å². The summed E-state index contributed by atoms with van der Waals surface area (Å²) in [6, 6.07) is 17.7.